The Kier molecular flexibility index (Phi) is 6.57. The Balaban J connectivity index is 2.16. The second-order valence-corrected chi connectivity index (χ2v) is 13.4. The lowest BCUT2D eigenvalue weighted by Crippen LogP contribution is -2.43. The van der Waals surface area contributed by atoms with Crippen molar-refractivity contribution in [3.05, 3.63) is 23.8 Å². The third kappa shape index (κ3) is 5.14. The maximum Gasteiger partial charge on any atom is 0.250 e. The molecule has 3 nitrogen and oxygen atoms in total. The van der Waals surface area contributed by atoms with Crippen molar-refractivity contribution in [2.75, 3.05) is 7.11 Å². The fraction of sp³-hybridized carbons (Fsp3) is 0.591. The molecule has 1 aromatic rings. The van der Waals surface area contributed by atoms with E-state index in [1.54, 1.807) is 7.11 Å². The Labute approximate surface area is 159 Å². The predicted molar refractivity (Wildman–Crippen MR) is 109 cm³/mol. The molecular weight excluding hydrogens is 340 g/mol. The van der Waals surface area contributed by atoms with E-state index in [4.69, 9.17) is 9.16 Å². The molecule has 0 atom stereocenters. The molecule has 1 saturated carbocycles. The van der Waals surface area contributed by atoms with Crippen LogP contribution in [-0.4, -0.2) is 21.2 Å². The van der Waals surface area contributed by atoms with Gasteiger partial charge in [-0.05, 0) is 55.1 Å². The van der Waals surface area contributed by atoms with Crippen LogP contribution in [0.5, 0.6) is 11.5 Å². The number of ketones is 1. The Hall–Kier alpha value is -1.73. The van der Waals surface area contributed by atoms with E-state index in [1.807, 2.05) is 18.2 Å². The Morgan fingerprint density at radius 3 is 2.35 bits per heavy atom. The summed E-state index contributed by atoms with van der Waals surface area (Å²) in [5, 5.41) is 0.114. The molecule has 2 rings (SSSR count). The minimum absolute atomic E-state index is 0.0743. The number of rotatable bonds is 4. The second kappa shape index (κ2) is 8.31. The molecule has 0 saturated heterocycles. The van der Waals surface area contributed by atoms with E-state index < -0.39 is 8.32 Å². The summed E-state index contributed by atoms with van der Waals surface area (Å²) in [7, 11) is -0.303. The van der Waals surface area contributed by atoms with Crippen molar-refractivity contribution in [2.24, 2.45) is 5.92 Å². The summed E-state index contributed by atoms with van der Waals surface area (Å²) in [5.41, 5.74) is 0.786. The molecule has 0 spiro atoms. The van der Waals surface area contributed by atoms with Gasteiger partial charge in [0.05, 0.1) is 7.11 Å². The maximum atomic E-state index is 12.3. The number of carbonyl (C=O) groups is 1. The maximum absolute atomic E-state index is 12.3. The molecule has 0 heterocycles. The molecule has 0 radical (unpaired) electrons. The Bertz CT molecular complexity index is 698. The zero-order valence-corrected chi connectivity index (χ0v) is 18.1. The first-order valence-corrected chi connectivity index (χ1v) is 12.5. The monoisotopic (exact) mass is 372 g/mol. The fourth-order valence-corrected chi connectivity index (χ4v) is 3.88. The van der Waals surface area contributed by atoms with Crippen molar-refractivity contribution >= 4 is 14.1 Å². The van der Waals surface area contributed by atoms with Gasteiger partial charge in [0.2, 0.25) is 5.78 Å². The molecule has 0 aliphatic heterocycles. The van der Waals surface area contributed by atoms with Crippen LogP contribution in [0.3, 0.4) is 0 Å². The first-order chi connectivity index (χ1) is 12.1. The third-order valence-electron chi connectivity index (χ3n) is 5.64. The van der Waals surface area contributed by atoms with Gasteiger partial charge >= 0.3 is 0 Å². The van der Waals surface area contributed by atoms with Gasteiger partial charge < -0.3 is 9.16 Å². The van der Waals surface area contributed by atoms with Gasteiger partial charge in [0, 0.05) is 11.5 Å². The molecule has 1 fully saturated rings. The Morgan fingerprint density at radius 1 is 1.12 bits per heavy atom. The minimum atomic E-state index is -1.94. The van der Waals surface area contributed by atoms with Crippen molar-refractivity contribution in [3.8, 4) is 23.3 Å². The molecule has 0 N–H and O–H groups in total. The van der Waals surface area contributed by atoms with E-state index in [9.17, 15) is 4.79 Å². The minimum Gasteiger partial charge on any atom is -0.541 e. The summed E-state index contributed by atoms with van der Waals surface area (Å²) in [6.45, 7) is 11.1. The summed E-state index contributed by atoms with van der Waals surface area (Å²) in [6, 6.07) is 5.68. The molecule has 26 heavy (non-hydrogen) atoms. The highest BCUT2D eigenvalue weighted by Crippen LogP contribution is 2.40. The molecule has 1 aromatic carbocycles. The molecule has 0 amide bonds. The van der Waals surface area contributed by atoms with Crippen molar-refractivity contribution in [1.29, 1.82) is 0 Å². The van der Waals surface area contributed by atoms with Crippen LogP contribution in [-0.2, 0) is 4.79 Å². The van der Waals surface area contributed by atoms with E-state index >= 15 is 0 Å². The van der Waals surface area contributed by atoms with Crippen LogP contribution in [0.2, 0.25) is 18.1 Å². The highest BCUT2D eigenvalue weighted by molar-refractivity contribution is 6.74. The van der Waals surface area contributed by atoms with Gasteiger partial charge in [0.25, 0.3) is 8.32 Å². The number of methoxy groups -OCH3 is 1. The fourth-order valence-electron chi connectivity index (χ4n) is 2.86. The molecule has 0 unspecified atom stereocenters. The number of ether oxygens (including phenoxy) is 1. The van der Waals surface area contributed by atoms with Crippen molar-refractivity contribution < 1.29 is 14.0 Å². The van der Waals surface area contributed by atoms with Gasteiger partial charge in [-0.15, -0.1) is 0 Å². The smallest absolute Gasteiger partial charge is 0.250 e. The lowest BCUT2D eigenvalue weighted by atomic mass is 9.86. The summed E-state index contributed by atoms with van der Waals surface area (Å²) in [5.74, 6) is 7.47. The lowest BCUT2D eigenvalue weighted by Gasteiger charge is -2.36. The number of Topliss-reactive ketones (excluding diaryl/α,β-unsaturated/α-hetero) is 1. The van der Waals surface area contributed by atoms with Crippen LogP contribution >= 0.6 is 0 Å². The standard InChI is InChI=1S/C22H32O3Si/c1-22(2,3)26(5,6)25-20-15-13-17(16-21(20)24-4)12-14-19(23)18-10-8-7-9-11-18/h13,15-16,18H,7-11H2,1-6H3. The average Bonchev–Trinajstić information content (AvgIpc) is 2.60. The van der Waals surface area contributed by atoms with Crippen molar-refractivity contribution in [1.82, 2.24) is 0 Å². The summed E-state index contributed by atoms with van der Waals surface area (Å²) in [6.07, 6.45) is 5.49. The van der Waals surface area contributed by atoms with Crippen molar-refractivity contribution in [3.63, 3.8) is 0 Å². The average molecular weight is 373 g/mol. The normalized spacial score (nSPS) is 15.8. The van der Waals surface area contributed by atoms with Crippen LogP contribution in [0.1, 0.15) is 58.4 Å². The van der Waals surface area contributed by atoms with E-state index in [2.05, 4.69) is 45.7 Å². The number of carbonyl (C=O) groups excluding carboxylic acids is 1. The highest BCUT2D eigenvalue weighted by Gasteiger charge is 2.39. The van der Waals surface area contributed by atoms with Gasteiger partial charge in [-0.25, -0.2) is 0 Å². The zero-order chi connectivity index (χ0) is 19.4. The summed E-state index contributed by atoms with van der Waals surface area (Å²) < 4.78 is 11.9. The third-order valence-corrected chi connectivity index (χ3v) is 9.98. The molecule has 4 heteroatoms. The largest absolute Gasteiger partial charge is 0.541 e. The Morgan fingerprint density at radius 2 is 1.77 bits per heavy atom. The molecular formula is C22H32O3Si. The van der Waals surface area contributed by atoms with Crippen LogP contribution in [0.15, 0.2) is 18.2 Å². The van der Waals surface area contributed by atoms with E-state index in [-0.39, 0.29) is 16.7 Å². The second-order valence-electron chi connectivity index (χ2n) is 8.68. The summed E-state index contributed by atoms with van der Waals surface area (Å²) >= 11 is 0. The van der Waals surface area contributed by atoms with Crippen LogP contribution in [0.4, 0.5) is 0 Å². The molecule has 142 valence electrons. The van der Waals surface area contributed by atoms with E-state index in [1.165, 1.54) is 6.42 Å². The van der Waals surface area contributed by atoms with Gasteiger partial charge in [-0.2, -0.15) is 0 Å². The molecule has 1 aliphatic carbocycles. The molecule has 1 aliphatic rings. The first kappa shape index (κ1) is 20.6. The quantitative estimate of drug-likeness (QED) is 0.511. The SMILES string of the molecule is COc1cc(C#CC(=O)C2CCCCC2)ccc1O[Si](C)(C)C(C)(C)C. The van der Waals surface area contributed by atoms with Gasteiger partial charge in [0.1, 0.15) is 5.75 Å². The first-order valence-electron chi connectivity index (χ1n) is 9.57. The number of hydrogen-bond acceptors (Lipinski definition) is 3. The van der Waals surface area contributed by atoms with Crippen LogP contribution < -0.4 is 9.16 Å². The van der Waals surface area contributed by atoms with Gasteiger partial charge in [0.15, 0.2) is 5.75 Å². The van der Waals surface area contributed by atoms with Crippen LogP contribution in [0, 0.1) is 17.8 Å². The number of hydrogen-bond donors (Lipinski definition) is 0. The highest BCUT2D eigenvalue weighted by atomic mass is 28.4. The molecule has 0 aromatic heterocycles. The van der Waals surface area contributed by atoms with Crippen LogP contribution in [0.25, 0.3) is 0 Å². The topological polar surface area (TPSA) is 35.5 Å². The lowest BCUT2D eigenvalue weighted by molar-refractivity contribution is -0.118. The van der Waals surface area contributed by atoms with Gasteiger partial charge in [-0.1, -0.05) is 46.0 Å². The predicted octanol–water partition coefficient (Wildman–Crippen LogP) is 5.58. The van der Waals surface area contributed by atoms with Gasteiger partial charge in [-0.3, -0.25) is 4.79 Å². The van der Waals surface area contributed by atoms with Crippen molar-refractivity contribution in [2.45, 2.75) is 71.0 Å². The van der Waals surface area contributed by atoms with E-state index in [0.717, 1.165) is 37.0 Å². The molecule has 0 bridgehead atoms. The summed E-state index contributed by atoms with van der Waals surface area (Å²) in [4.78, 5) is 12.3. The number of benzene rings is 1. The zero-order valence-electron chi connectivity index (χ0n) is 17.1. The van der Waals surface area contributed by atoms with E-state index in [0.29, 0.717) is 5.75 Å².